The molecule has 0 aliphatic carbocycles. The van der Waals surface area contributed by atoms with E-state index < -0.39 is 0 Å². The summed E-state index contributed by atoms with van der Waals surface area (Å²) in [6.07, 6.45) is 3.69. The molecular weight excluding hydrogens is 234 g/mol. The van der Waals surface area contributed by atoms with Crippen molar-refractivity contribution in [1.82, 2.24) is 0 Å². The second-order valence-electron chi connectivity index (χ2n) is 5.57. The molecule has 0 bridgehead atoms. The quantitative estimate of drug-likeness (QED) is 0.913. The van der Waals surface area contributed by atoms with Crippen molar-refractivity contribution in [3.05, 3.63) is 48.0 Å². The van der Waals surface area contributed by atoms with Crippen molar-refractivity contribution >= 4 is 10.8 Å². The first-order valence-electron chi connectivity index (χ1n) is 7.12. The van der Waals surface area contributed by atoms with Crippen LogP contribution in [-0.4, -0.2) is 18.2 Å². The number of benzene rings is 2. The number of hydrogen-bond acceptors (Lipinski definition) is 2. The van der Waals surface area contributed by atoms with E-state index in [0.29, 0.717) is 6.10 Å². The van der Waals surface area contributed by atoms with E-state index >= 15 is 0 Å². The van der Waals surface area contributed by atoms with Crippen LogP contribution in [0, 0.1) is 0 Å². The van der Waals surface area contributed by atoms with Crippen LogP contribution in [0.5, 0.6) is 0 Å². The van der Waals surface area contributed by atoms with E-state index in [1.807, 2.05) is 0 Å². The first-order valence-corrected chi connectivity index (χ1v) is 7.12. The zero-order valence-corrected chi connectivity index (χ0v) is 11.4. The van der Waals surface area contributed by atoms with Gasteiger partial charge in [0.2, 0.25) is 0 Å². The highest BCUT2D eigenvalue weighted by molar-refractivity contribution is 5.85. The SMILES string of the molecule is CC1CCC(C(N)Cc2cccc3ccccc23)O1. The second-order valence-corrected chi connectivity index (χ2v) is 5.57. The van der Waals surface area contributed by atoms with Gasteiger partial charge in [-0.2, -0.15) is 0 Å². The molecule has 2 aromatic rings. The fourth-order valence-electron chi connectivity index (χ4n) is 3.00. The van der Waals surface area contributed by atoms with E-state index in [-0.39, 0.29) is 12.1 Å². The lowest BCUT2D eigenvalue weighted by Crippen LogP contribution is -2.36. The normalized spacial score (nSPS) is 24.7. The van der Waals surface area contributed by atoms with Crippen LogP contribution in [0.15, 0.2) is 42.5 Å². The molecule has 2 heteroatoms. The molecule has 2 nitrogen and oxygen atoms in total. The van der Waals surface area contributed by atoms with Gasteiger partial charge in [0, 0.05) is 6.04 Å². The highest BCUT2D eigenvalue weighted by Crippen LogP contribution is 2.25. The van der Waals surface area contributed by atoms with Gasteiger partial charge in [-0.05, 0) is 42.5 Å². The third-order valence-corrected chi connectivity index (χ3v) is 4.08. The summed E-state index contributed by atoms with van der Waals surface area (Å²) in [5, 5.41) is 2.60. The van der Waals surface area contributed by atoms with Crippen LogP contribution in [0.1, 0.15) is 25.3 Å². The van der Waals surface area contributed by atoms with Gasteiger partial charge in [0.25, 0.3) is 0 Å². The minimum absolute atomic E-state index is 0.0933. The van der Waals surface area contributed by atoms with Crippen molar-refractivity contribution in [1.29, 1.82) is 0 Å². The fourth-order valence-corrected chi connectivity index (χ4v) is 3.00. The molecule has 19 heavy (non-hydrogen) atoms. The van der Waals surface area contributed by atoms with Crippen LogP contribution in [0.2, 0.25) is 0 Å². The van der Waals surface area contributed by atoms with Crippen LogP contribution in [0.4, 0.5) is 0 Å². The Bertz CT molecular complexity index is 561. The smallest absolute Gasteiger partial charge is 0.0733 e. The van der Waals surface area contributed by atoms with Gasteiger partial charge < -0.3 is 10.5 Å². The summed E-state index contributed by atoms with van der Waals surface area (Å²) in [6.45, 7) is 2.13. The molecule has 2 aromatic carbocycles. The monoisotopic (exact) mass is 255 g/mol. The van der Waals surface area contributed by atoms with E-state index in [4.69, 9.17) is 10.5 Å². The summed E-state index contributed by atoms with van der Waals surface area (Å²) in [4.78, 5) is 0. The Morgan fingerprint density at radius 2 is 1.95 bits per heavy atom. The summed E-state index contributed by atoms with van der Waals surface area (Å²) in [7, 11) is 0. The van der Waals surface area contributed by atoms with Gasteiger partial charge in [-0.3, -0.25) is 0 Å². The van der Waals surface area contributed by atoms with Crippen molar-refractivity contribution in [2.45, 2.75) is 44.4 Å². The number of hydrogen-bond donors (Lipinski definition) is 1. The number of ether oxygens (including phenoxy) is 1. The molecule has 0 saturated carbocycles. The predicted molar refractivity (Wildman–Crippen MR) is 79.2 cm³/mol. The Labute approximate surface area is 114 Å². The summed E-state index contributed by atoms with van der Waals surface area (Å²) < 4.78 is 5.88. The standard InChI is InChI=1S/C17H21NO/c1-12-9-10-17(19-12)16(18)11-14-7-4-6-13-5-2-3-8-15(13)14/h2-8,12,16-17H,9-11,18H2,1H3. The zero-order chi connectivity index (χ0) is 13.2. The minimum atomic E-state index is 0.0933. The molecule has 0 spiro atoms. The average molecular weight is 255 g/mol. The van der Waals surface area contributed by atoms with Gasteiger partial charge in [0.05, 0.1) is 12.2 Å². The van der Waals surface area contributed by atoms with E-state index in [9.17, 15) is 0 Å². The predicted octanol–water partition coefficient (Wildman–Crippen LogP) is 3.28. The van der Waals surface area contributed by atoms with Gasteiger partial charge in [0.1, 0.15) is 0 Å². The highest BCUT2D eigenvalue weighted by atomic mass is 16.5. The lowest BCUT2D eigenvalue weighted by atomic mass is 9.96. The largest absolute Gasteiger partial charge is 0.374 e. The van der Waals surface area contributed by atoms with E-state index in [1.54, 1.807) is 0 Å². The van der Waals surface area contributed by atoms with Crippen molar-refractivity contribution < 1.29 is 4.74 Å². The third kappa shape index (κ3) is 2.65. The molecule has 0 radical (unpaired) electrons. The van der Waals surface area contributed by atoms with Crippen LogP contribution in [-0.2, 0) is 11.2 Å². The highest BCUT2D eigenvalue weighted by Gasteiger charge is 2.27. The fraction of sp³-hybridized carbons (Fsp3) is 0.412. The van der Waals surface area contributed by atoms with Crippen molar-refractivity contribution in [2.75, 3.05) is 0 Å². The number of fused-ring (bicyclic) bond motifs is 1. The van der Waals surface area contributed by atoms with Gasteiger partial charge in [-0.1, -0.05) is 42.5 Å². The first kappa shape index (κ1) is 12.6. The van der Waals surface area contributed by atoms with Crippen LogP contribution < -0.4 is 5.73 Å². The maximum atomic E-state index is 6.34. The van der Waals surface area contributed by atoms with Crippen LogP contribution in [0.3, 0.4) is 0 Å². The lowest BCUT2D eigenvalue weighted by molar-refractivity contribution is 0.0405. The van der Waals surface area contributed by atoms with Crippen LogP contribution >= 0.6 is 0 Å². The van der Waals surface area contributed by atoms with E-state index in [0.717, 1.165) is 19.3 Å². The third-order valence-electron chi connectivity index (χ3n) is 4.08. The topological polar surface area (TPSA) is 35.2 Å². The second kappa shape index (κ2) is 5.32. The Kier molecular flexibility index (Phi) is 3.54. The molecule has 1 saturated heterocycles. The number of rotatable bonds is 3. The minimum Gasteiger partial charge on any atom is -0.374 e. The molecule has 3 unspecified atom stereocenters. The van der Waals surface area contributed by atoms with Gasteiger partial charge in [-0.25, -0.2) is 0 Å². The average Bonchev–Trinajstić information content (AvgIpc) is 2.86. The maximum Gasteiger partial charge on any atom is 0.0733 e. The van der Waals surface area contributed by atoms with Crippen molar-refractivity contribution in [3.8, 4) is 0 Å². The Morgan fingerprint density at radius 1 is 1.16 bits per heavy atom. The first-order chi connectivity index (χ1) is 9.24. The van der Waals surface area contributed by atoms with Gasteiger partial charge in [-0.15, -0.1) is 0 Å². The molecule has 1 aliphatic heterocycles. The Morgan fingerprint density at radius 3 is 2.74 bits per heavy atom. The molecular formula is C17H21NO. The molecule has 100 valence electrons. The molecule has 0 amide bonds. The molecule has 1 aliphatic rings. The molecule has 2 N–H and O–H groups in total. The van der Waals surface area contributed by atoms with Gasteiger partial charge >= 0.3 is 0 Å². The molecule has 3 atom stereocenters. The van der Waals surface area contributed by atoms with Crippen molar-refractivity contribution in [3.63, 3.8) is 0 Å². The molecule has 3 rings (SSSR count). The zero-order valence-electron chi connectivity index (χ0n) is 11.4. The Balaban J connectivity index is 1.81. The summed E-state index contributed by atoms with van der Waals surface area (Å²) in [6, 6.07) is 15.0. The van der Waals surface area contributed by atoms with Crippen molar-refractivity contribution in [2.24, 2.45) is 5.73 Å². The van der Waals surface area contributed by atoms with Crippen LogP contribution in [0.25, 0.3) is 10.8 Å². The molecule has 1 heterocycles. The molecule has 1 fully saturated rings. The summed E-state index contributed by atoms with van der Waals surface area (Å²) in [5.41, 5.74) is 7.67. The van der Waals surface area contributed by atoms with Gasteiger partial charge in [0.15, 0.2) is 0 Å². The van der Waals surface area contributed by atoms with E-state index in [2.05, 4.69) is 49.4 Å². The Hall–Kier alpha value is -1.38. The lowest BCUT2D eigenvalue weighted by Gasteiger charge is -2.20. The number of nitrogens with two attached hydrogens (primary N) is 1. The summed E-state index contributed by atoms with van der Waals surface area (Å²) in [5.74, 6) is 0. The molecule has 0 aromatic heterocycles. The summed E-state index contributed by atoms with van der Waals surface area (Å²) >= 11 is 0. The maximum absolute atomic E-state index is 6.34. The van der Waals surface area contributed by atoms with E-state index in [1.165, 1.54) is 16.3 Å².